The van der Waals surface area contributed by atoms with E-state index in [4.69, 9.17) is 4.74 Å². The van der Waals surface area contributed by atoms with Crippen LogP contribution in [0.4, 0.5) is 13.2 Å². The lowest BCUT2D eigenvalue weighted by Crippen LogP contribution is -2.58. The Morgan fingerprint density at radius 2 is 1.52 bits per heavy atom. The van der Waals surface area contributed by atoms with Crippen LogP contribution in [-0.2, 0) is 12.7 Å². The molecule has 3 atom stereocenters. The number of halogens is 6. The lowest BCUT2D eigenvalue weighted by molar-refractivity contribution is -0.146. The molecule has 250 valence electrons. The summed E-state index contributed by atoms with van der Waals surface area (Å²) in [7, 11) is 5.87. The number of alkyl halides is 3. The molecule has 8 nitrogen and oxygen atoms in total. The van der Waals surface area contributed by atoms with Crippen LogP contribution in [-0.4, -0.2) is 93.9 Å². The number of nitrogens with zero attached hydrogens (tertiary/aromatic N) is 7. The van der Waals surface area contributed by atoms with E-state index in [1.54, 1.807) is 25.3 Å². The number of hydrogen-bond donors (Lipinski definition) is 0. The highest BCUT2D eigenvalue weighted by Crippen LogP contribution is 2.39. The van der Waals surface area contributed by atoms with Crippen LogP contribution in [0.5, 0.6) is 5.75 Å². The van der Waals surface area contributed by atoms with Crippen molar-refractivity contribution in [3.8, 4) is 11.4 Å². The maximum absolute atomic E-state index is 13.6. The molecule has 0 unspecified atom stereocenters. The van der Waals surface area contributed by atoms with Crippen LogP contribution in [0.1, 0.15) is 34.9 Å². The molecular formula is C32H39Cl3F3N7O. The number of tetrazole rings is 1. The van der Waals surface area contributed by atoms with Crippen molar-refractivity contribution in [2.75, 3.05) is 40.8 Å². The summed E-state index contributed by atoms with van der Waals surface area (Å²) in [6.45, 7) is 3.15. The van der Waals surface area contributed by atoms with Crippen molar-refractivity contribution >= 4 is 37.2 Å². The zero-order chi connectivity index (χ0) is 30.1. The SMILES string of the molecule is COc1ccc(-n2nnnc2C(F)(F)F)cc1CN1C[C@@H]2C[C@H](N(C)C)CN2[C@H](C(c2ccccc2)c2ccccc2)C1.Cl.Cl.Cl. The van der Waals surface area contributed by atoms with Crippen LogP contribution in [0.15, 0.2) is 78.9 Å². The summed E-state index contributed by atoms with van der Waals surface area (Å²) >= 11 is 0. The number of fused-ring (bicyclic) bond motifs is 1. The van der Waals surface area contributed by atoms with Crippen LogP contribution >= 0.6 is 37.2 Å². The first-order valence-corrected chi connectivity index (χ1v) is 14.5. The lowest BCUT2D eigenvalue weighted by Gasteiger charge is -2.47. The molecule has 0 radical (unpaired) electrons. The molecule has 14 heteroatoms. The molecule has 3 heterocycles. The van der Waals surface area contributed by atoms with Crippen molar-refractivity contribution in [1.82, 2.24) is 34.9 Å². The summed E-state index contributed by atoms with van der Waals surface area (Å²) in [5.41, 5.74) is 3.56. The third kappa shape index (κ3) is 7.78. The molecule has 2 fully saturated rings. The van der Waals surface area contributed by atoms with E-state index in [-0.39, 0.29) is 54.9 Å². The molecule has 2 saturated heterocycles. The predicted octanol–water partition coefficient (Wildman–Crippen LogP) is 5.98. The van der Waals surface area contributed by atoms with Crippen LogP contribution in [0.2, 0.25) is 0 Å². The first-order chi connectivity index (χ1) is 20.7. The zero-order valence-electron chi connectivity index (χ0n) is 25.7. The minimum Gasteiger partial charge on any atom is -0.496 e. The molecule has 46 heavy (non-hydrogen) atoms. The maximum Gasteiger partial charge on any atom is 0.453 e. The van der Waals surface area contributed by atoms with Gasteiger partial charge in [-0.1, -0.05) is 60.7 Å². The second-order valence-corrected chi connectivity index (χ2v) is 11.7. The van der Waals surface area contributed by atoms with E-state index in [1.807, 2.05) is 12.1 Å². The Kier molecular flexibility index (Phi) is 12.9. The molecule has 2 aliphatic heterocycles. The Morgan fingerprint density at radius 3 is 2.09 bits per heavy atom. The third-order valence-corrected chi connectivity index (χ3v) is 8.83. The fourth-order valence-electron chi connectivity index (χ4n) is 6.80. The van der Waals surface area contributed by atoms with Crippen LogP contribution < -0.4 is 4.74 Å². The molecule has 2 aliphatic rings. The van der Waals surface area contributed by atoms with Crippen LogP contribution in [0.25, 0.3) is 5.69 Å². The summed E-state index contributed by atoms with van der Waals surface area (Å²) in [6.07, 6.45) is -3.63. The maximum atomic E-state index is 13.6. The highest BCUT2D eigenvalue weighted by atomic mass is 35.5. The largest absolute Gasteiger partial charge is 0.496 e. The third-order valence-electron chi connectivity index (χ3n) is 8.83. The van der Waals surface area contributed by atoms with Crippen molar-refractivity contribution in [1.29, 1.82) is 0 Å². The van der Waals surface area contributed by atoms with E-state index in [9.17, 15) is 13.2 Å². The van der Waals surface area contributed by atoms with Crippen molar-refractivity contribution in [2.24, 2.45) is 0 Å². The molecule has 4 aromatic rings. The minimum absolute atomic E-state index is 0. The zero-order valence-corrected chi connectivity index (χ0v) is 28.2. The van der Waals surface area contributed by atoms with Gasteiger partial charge in [-0.25, -0.2) is 0 Å². The second kappa shape index (κ2) is 15.8. The summed E-state index contributed by atoms with van der Waals surface area (Å²) in [6, 6.07) is 27.2. The smallest absolute Gasteiger partial charge is 0.453 e. The fourth-order valence-corrected chi connectivity index (χ4v) is 6.80. The van der Waals surface area contributed by atoms with Gasteiger partial charge in [0.15, 0.2) is 0 Å². The quantitative estimate of drug-likeness (QED) is 0.224. The van der Waals surface area contributed by atoms with Gasteiger partial charge in [-0.3, -0.25) is 9.80 Å². The molecule has 6 rings (SSSR count). The second-order valence-electron chi connectivity index (χ2n) is 11.7. The normalized spacial score (nSPS) is 20.0. The van der Waals surface area contributed by atoms with Crippen molar-refractivity contribution in [2.45, 2.75) is 43.2 Å². The molecule has 0 aliphatic carbocycles. The highest BCUT2D eigenvalue weighted by Gasteiger charge is 2.45. The Morgan fingerprint density at radius 1 is 0.891 bits per heavy atom. The van der Waals surface area contributed by atoms with E-state index >= 15 is 0 Å². The molecule has 0 bridgehead atoms. The van der Waals surface area contributed by atoms with Crippen LogP contribution in [0, 0.1) is 0 Å². The molecule has 3 aromatic carbocycles. The van der Waals surface area contributed by atoms with E-state index in [0.717, 1.165) is 36.3 Å². The van der Waals surface area contributed by atoms with Gasteiger partial charge >= 0.3 is 6.18 Å². The summed E-state index contributed by atoms with van der Waals surface area (Å²) in [5, 5.41) is 10.1. The average molecular weight is 701 g/mol. The predicted molar refractivity (Wildman–Crippen MR) is 179 cm³/mol. The number of aromatic nitrogens is 4. The van der Waals surface area contributed by atoms with Gasteiger partial charge in [0.25, 0.3) is 5.82 Å². The lowest BCUT2D eigenvalue weighted by atomic mass is 9.82. The van der Waals surface area contributed by atoms with E-state index < -0.39 is 12.0 Å². The van der Waals surface area contributed by atoms with Gasteiger partial charge in [0, 0.05) is 55.8 Å². The Labute approximate surface area is 286 Å². The first-order valence-electron chi connectivity index (χ1n) is 14.5. The number of rotatable bonds is 8. The first kappa shape index (κ1) is 37.5. The molecule has 0 spiro atoms. The molecular weight excluding hydrogens is 662 g/mol. The Hall–Kier alpha value is -2.93. The van der Waals surface area contributed by atoms with E-state index in [1.165, 1.54) is 11.1 Å². The standard InChI is InChI=1S/C32H36F3N7O.3ClH/c1-39(2)26-17-27-19-40(18-24-16-25(14-15-29(24)43-3)42-31(32(33,34)35)36-37-38-42)21-28(41(27)20-26)30(22-10-6-4-7-11-22)23-12-8-5-9-13-23;;;/h4-16,26-28,30H,17-21H2,1-3H3;3*1H/t26-,27-,28-;;;/m0.../s1. The topological polar surface area (TPSA) is 62.6 Å². The van der Waals surface area contributed by atoms with Gasteiger partial charge in [0.1, 0.15) is 5.75 Å². The van der Waals surface area contributed by atoms with Gasteiger partial charge in [-0.2, -0.15) is 17.9 Å². The molecule has 0 saturated carbocycles. The fraction of sp³-hybridized carbons (Fsp3) is 0.406. The van der Waals surface area contributed by atoms with Gasteiger partial charge in [0.05, 0.1) is 12.8 Å². The number of benzene rings is 3. The number of likely N-dealkylation sites (N-methyl/N-ethyl adjacent to an activating group) is 1. The Balaban J connectivity index is 0.00000192. The van der Waals surface area contributed by atoms with Gasteiger partial charge < -0.3 is 9.64 Å². The van der Waals surface area contributed by atoms with Crippen molar-refractivity contribution in [3.63, 3.8) is 0 Å². The van der Waals surface area contributed by atoms with Crippen molar-refractivity contribution < 1.29 is 17.9 Å². The van der Waals surface area contributed by atoms with Crippen LogP contribution in [0.3, 0.4) is 0 Å². The molecule has 1 aromatic heterocycles. The molecule has 0 amide bonds. The summed E-state index contributed by atoms with van der Waals surface area (Å²) in [4.78, 5) is 7.43. The number of ether oxygens (including phenoxy) is 1. The van der Waals surface area contributed by atoms with Gasteiger partial charge in [-0.15, -0.1) is 42.3 Å². The van der Waals surface area contributed by atoms with E-state index in [0.29, 0.717) is 24.4 Å². The minimum atomic E-state index is -4.68. The molecule has 0 N–H and O–H groups in total. The highest BCUT2D eigenvalue weighted by molar-refractivity contribution is 5.86. The summed E-state index contributed by atoms with van der Waals surface area (Å²) in [5.74, 6) is -0.395. The van der Waals surface area contributed by atoms with Gasteiger partial charge in [0.2, 0.25) is 0 Å². The summed E-state index contributed by atoms with van der Waals surface area (Å²) < 4.78 is 47.2. The van der Waals surface area contributed by atoms with E-state index in [2.05, 4.69) is 92.9 Å². The number of hydrogen-bond acceptors (Lipinski definition) is 7. The Bertz CT molecular complexity index is 1490. The average Bonchev–Trinajstić information content (AvgIpc) is 3.67. The number of piperazine rings is 1. The van der Waals surface area contributed by atoms with Crippen molar-refractivity contribution in [3.05, 3.63) is 101 Å². The van der Waals surface area contributed by atoms with Gasteiger partial charge in [-0.05, 0) is 60.3 Å². The monoisotopic (exact) mass is 699 g/mol. The number of methoxy groups -OCH3 is 1.